The van der Waals surface area contributed by atoms with E-state index >= 15 is 0 Å². The van der Waals surface area contributed by atoms with E-state index in [9.17, 15) is 13.2 Å². The topological polar surface area (TPSA) is 92.2 Å². The molecular formula is C18H14N2O4S. The minimum Gasteiger partial charge on any atom is -0.454 e. The molecule has 25 heavy (non-hydrogen) atoms. The lowest BCUT2D eigenvalue weighted by molar-refractivity contribution is 0.602. The Hall–Kier alpha value is -3.06. The van der Waals surface area contributed by atoms with Gasteiger partial charge in [0.2, 0.25) is 0 Å². The number of sulfone groups is 1. The molecule has 7 heteroatoms. The fourth-order valence-corrected chi connectivity index (χ4v) is 3.34. The predicted molar refractivity (Wildman–Crippen MR) is 97.2 cm³/mol. The Bertz CT molecular complexity index is 1250. The number of anilines is 2. The standard InChI is InChI=1S/C18H14N2O4S/c1-25(22,23)13-5-2-11(3-6-13)20-18-9-15-14-7-4-12(21)8-16(14)24-17(15)10-19-18/h2-10,19-20H,1H3. The highest BCUT2D eigenvalue weighted by molar-refractivity contribution is 7.90. The minimum atomic E-state index is -3.22. The van der Waals surface area contributed by atoms with Crippen molar-refractivity contribution >= 4 is 43.3 Å². The summed E-state index contributed by atoms with van der Waals surface area (Å²) in [5, 5.41) is 4.93. The number of hydrogen-bond acceptors (Lipinski definition) is 5. The highest BCUT2D eigenvalue weighted by Crippen LogP contribution is 2.29. The maximum absolute atomic E-state index is 11.5. The summed E-state index contributed by atoms with van der Waals surface area (Å²) in [5.74, 6) is 0.716. The van der Waals surface area contributed by atoms with Gasteiger partial charge < -0.3 is 14.7 Å². The van der Waals surface area contributed by atoms with Crippen molar-refractivity contribution in [1.29, 1.82) is 0 Å². The van der Waals surface area contributed by atoms with Gasteiger partial charge >= 0.3 is 0 Å². The smallest absolute Gasteiger partial charge is 0.182 e. The summed E-state index contributed by atoms with van der Waals surface area (Å²) in [6.07, 6.45) is 2.89. The molecule has 0 atom stereocenters. The number of hydrogen-bond donors (Lipinski definition) is 2. The van der Waals surface area contributed by atoms with Crippen molar-refractivity contribution in [3.05, 3.63) is 65.0 Å². The van der Waals surface area contributed by atoms with Crippen LogP contribution in [-0.2, 0) is 9.84 Å². The highest BCUT2D eigenvalue weighted by atomic mass is 32.2. The molecular weight excluding hydrogens is 340 g/mol. The van der Waals surface area contributed by atoms with Gasteiger partial charge in [0.1, 0.15) is 11.4 Å². The van der Waals surface area contributed by atoms with Crippen LogP contribution in [0.5, 0.6) is 0 Å². The van der Waals surface area contributed by atoms with Gasteiger partial charge in [0.15, 0.2) is 20.8 Å². The lowest BCUT2D eigenvalue weighted by Gasteiger charge is -2.07. The zero-order valence-electron chi connectivity index (χ0n) is 13.2. The van der Waals surface area contributed by atoms with Crippen LogP contribution in [0.2, 0.25) is 0 Å². The van der Waals surface area contributed by atoms with Crippen LogP contribution in [0.1, 0.15) is 0 Å². The van der Waals surface area contributed by atoms with Crippen molar-refractivity contribution in [1.82, 2.24) is 4.98 Å². The van der Waals surface area contributed by atoms with Crippen LogP contribution in [0.15, 0.2) is 68.8 Å². The summed E-state index contributed by atoms with van der Waals surface area (Å²) in [5.41, 5.74) is 1.85. The minimum absolute atomic E-state index is 0.0974. The normalized spacial score (nSPS) is 11.9. The number of H-pyrrole nitrogens is 1. The first-order valence-corrected chi connectivity index (χ1v) is 9.41. The fourth-order valence-electron chi connectivity index (χ4n) is 2.71. The summed E-state index contributed by atoms with van der Waals surface area (Å²) < 4.78 is 28.7. The van der Waals surface area contributed by atoms with Crippen LogP contribution in [0.25, 0.3) is 21.9 Å². The number of benzene rings is 2. The summed E-state index contributed by atoms with van der Waals surface area (Å²) in [7, 11) is -3.22. The number of aromatic nitrogens is 1. The SMILES string of the molecule is CS(=O)(=O)c1ccc(Nc2cc3c(c[nH]2)oc2cc(=O)ccc23)cc1. The first kappa shape index (κ1) is 15.5. The van der Waals surface area contributed by atoms with E-state index in [1.807, 2.05) is 6.07 Å². The monoisotopic (exact) mass is 354 g/mol. The van der Waals surface area contributed by atoms with Crippen LogP contribution in [0, 0.1) is 0 Å². The van der Waals surface area contributed by atoms with Gasteiger partial charge in [0.25, 0.3) is 0 Å². The molecule has 0 unspecified atom stereocenters. The Morgan fingerprint density at radius 3 is 2.44 bits per heavy atom. The largest absolute Gasteiger partial charge is 0.454 e. The average molecular weight is 354 g/mol. The Labute approximate surface area is 143 Å². The first-order chi connectivity index (χ1) is 11.9. The van der Waals surface area contributed by atoms with Gasteiger partial charge in [-0.3, -0.25) is 4.79 Å². The van der Waals surface area contributed by atoms with Gasteiger partial charge in [-0.15, -0.1) is 0 Å². The molecule has 126 valence electrons. The predicted octanol–water partition coefficient (Wildman–Crippen LogP) is 3.42. The number of aromatic amines is 1. The second-order valence-electron chi connectivity index (χ2n) is 5.81. The molecule has 0 bridgehead atoms. The molecule has 4 aromatic rings. The second kappa shape index (κ2) is 5.49. The van der Waals surface area contributed by atoms with Crippen LogP contribution >= 0.6 is 0 Å². The molecule has 2 aromatic heterocycles. The van der Waals surface area contributed by atoms with Crippen molar-refractivity contribution < 1.29 is 12.8 Å². The van der Waals surface area contributed by atoms with Crippen molar-refractivity contribution in [2.24, 2.45) is 0 Å². The van der Waals surface area contributed by atoms with E-state index < -0.39 is 9.84 Å². The molecule has 2 aromatic carbocycles. The number of nitrogens with one attached hydrogen (secondary N) is 2. The van der Waals surface area contributed by atoms with Crippen LogP contribution in [0.4, 0.5) is 11.5 Å². The van der Waals surface area contributed by atoms with E-state index in [-0.39, 0.29) is 10.3 Å². The van der Waals surface area contributed by atoms with Crippen LogP contribution in [-0.4, -0.2) is 19.7 Å². The van der Waals surface area contributed by atoms with Gasteiger partial charge in [0, 0.05) is 35.0 Å². The van der Waals surface area contributed by atoms with E-state index in [1.165, 1.54) is 18.4 Å². The Morgan fingerprint density at radius 2 is 1.72 bits per heavy atom. The van der Waals surface area contributed by atoms with E-state index in [0.717, 1.165) is 16.5 Å². The quantitative estimate of drug-likeness (QED) is 0.588. The highest BCUT2D eigenvalue weighted by Gasteiger charge is 2.09. The third kappa shape index (κ3) is 2.89. The maximum atomic E-state index is 11.5. The van der Waals surface area contributed by atoms with E-state index in [0.29, 0.717) is 17.0 Å². The Morgan fingerprint density at radius 1 is 0.960 bits per heavy atom. The fraction of sp³-hybridized carbons (Fsp3) is 0.0556. The lowest BCUT2D eigenvalue weighted by atomic mass is 10.2. The average Bonchev–Trinajstić information content (AvgIpc) is 2.91. The van der Waals surface area contributed by atoms with E-state index in [1.54, 1.807) is 36.5 Å². The Kier molecular flexibility index (Phi) is 3.40. The van der Waals surface area contributed by atoms with Crippen molar-refractivity contribution in [2.45, 2.75) is 4.90 Å². The molecule has 2 heterocycles. The zero-order chi connectivity index (χ0) is 17.6. The molecule has 0 spiro atoms. The van der Waals surface area contributed by atoms with Crippen molar-refractivity contribution in [3.63, 3.8) is 0 Å². The van der Waals surface area contributed by atoms with Crippen LogP contribution < -0.4 is 10.7 Å². The molecule has 0 fully saturated rings. The summed E-state index contributed by atoms with van der Waals surface area (Å²) in [6.45, 7) is 0. The lowest BCUT2D eigenvalue weighted by Crippen LogP contribution is -1.98. The molecule has 4 rings (SSSR count). The number of fused-ring (bicyclic) bond motifs is 3. The number of furan rings is 1. The van der Waals surface area contributed by atoms with Gasteiger partial charge in [-0.1, -0.05) is 0 Å². The number of rotatable bonds is 3. The van der Waals surface area contributed by atoms with E-state index in [2.05, 4.69) is 10.3 Å². The second-order valence-corrected chi connectivity index (χ2v) is 7.82. The maximum Gasteiger partial charge on any atom is 0.182 e. The molecule has 0 aliphatic rings. The summed E-state index contributed by atoms with van der Waals surface area (Å²) in [6, 6.07) is 13.1. The molecule has 0 saturated heterocycles. The molecule has 6 nitrogen and oxygen atoms in total. The molecule has 0 aliphatic heterocycles. The molecule has 0 radical (unpaired) electrons. The van der Waals surface area contributed by atoms with Gasteiger partial charge in [-0.05, 0) is 42.5 Å². The summed E-state index contributed by atoms with van der Waals surface area (Å²) in [4.78, 5) is 14.8. The third-order valence-electron chi connectivity index (χ3n) is 3.94. The molecule has 0 amide bonds. The van der Waals surface area contributed by atoms with Crippen molar-refractivity contribution in [2.75, 3.05) is 11.6 Å². The molecule has 2 N–H and O–H groups in total. The molecule has 0 aliphatic carbocycles. The van der Waals surface area contributed by atoms with Gasteiger partial charge in [-0.2, -0.15) is 0 Å². The van der Waals surface area contributed by atoms with Gasteiger partial charge in [-0.25, -0.2) is 8.42 Å². The summed E-state index contributed by atoms with van der Waals surface area (Å²) >= 11 is 0. The van der Waals surface area contributed by atoms with E-state index in [4.69, 9.17) is 4.42 Å². The third-order valence-corrected chi connectivity index (χ3v) is 5.07. The van der Waals surface area contributed by atoms with Crippen LogP contribution in [0.3, 0.4) is 0 Å². The van der Waals surface area contributed by atoms with Crippen molar-refractivity contribution in [3.8, 4) is 0 Å². The molecule has 0 saturated carbocycles. The van der Waals surface area contributed by atoms with Gasteiger partial charge in [0.05, 0.1) is 4.90 Å². The number of pyridine rings is 1. The zero-order valence-corrected chi connectivity index (χ0v) is 14.1. The first-order valence-electron chi connectivity index (χ1n) is 7.52. The Balaban J connectivity index is 1.72.